The van der Waals surface area contributed by atoms with Crippen LogP contribution in [0.5, 0.6) is 0 Å². The molecule has 0 aromatic heterocycles. The molecule has 1 amide bonds. The molecule has 1 unspecified atom stereocenters. The van der Waals surface area contributed by atoms with E-state index in [1.165, 1.54) is 0 Å². The molecule has 0 fully saturated rings. The van der Waals surface area contributed by atoms with E-state index < -0.39 is 5.38 Å². The molecule has 0 rings (SSSR count). The number of hydrogen-bond acceptors (Lipinski definition) is 3. The molecule has 1 atom stereocenters. The number of hydrogen-bond donors (Lipinski definition) is 1. The third-order valence-electron chi connectivity index (χ3n) is 1.75. The Bertz CT molecular complexity index is 215. The summed E-state index contributed by atoms with van der Waals surface area (Å²) in [5.41, 5.74) is 0. The Morgan fingerprint density at radius 3 is 2.71 bits per heavy atom. The van der Waals surface area contributed by atoms with Crippen LogP contribution in [0.15, 0.2) is 0 Å². The van der Waals surface area contributed by atoms with Gasteiger partial charge in [0.1, 0.15) is 5.38 Å². The molecule has 5 heteroatoms. The van der Waals surface area contributed by atoms with E-state index in [0.717, 1.165) is 0 Å². The van der Waals surface area contributed by atoms with Crippen LogP contribution < -0.4 is 5.32 Å². The maximum atomic E-state index is 11.2. The van der Waals surface area contributed by atoms with Crippen molar-refractivity contribution in [2.75, 3.05) is 26.2 Å². The Morgan fingerprint density at radius 2 is 2.29 bits per heavy atom. The first-order chi connectivity index (χ1) is 6.63. The highest BCUT2D eigenvalue weighted by Gasteiger charge is 2.12. The number of carbonyl (C=O) groups is 1. The number of nitrogens with one attached hydrogen (secondary N) is 1. The van der Waals surface area contributed by atoms with Gasteiger partial charge in [-0.05, 0) is 13.5 Å². The number of alkyl halides is 1. The predicted octanol–water partition coefficient (Wildman–Crippen LogP) is 0.575. The largest absolute Gasteiger partial charge is 0.355 e. The van der Waals surface area contributed by atoms with Crippen molar-refractivity contribution in [3.8, 4) is 6.07 Å². The summed E-state index contributed by atoms with van der Waals surface area (Å²) >= 11 is 5.66. The minimum atomic E-state index is -0.552. The van der Waals surface area contributed by atoms with Gasteiger partial charge in [0.2, 0.25) is 5.91 Å². The maximum Gasteiger partial charge on any atom is 0.234 e. The summed E-state index contributed by atoms with van der Waals surface area (Å²) in [7, 11) is 0. The molecule has 0 bridgehead atoms. The second-order valence-corrected chi connectivity index (χ2v) is 3.40. The van der Waals surface area contributed by atoms with Gasteiger partial charge < -0.3 is 5.32 Å². The zero-order valence-electron chi connectivity index (χ0n) is 8.59. The smallest absolute Gasteiger partial charge is 0.234 e. The van der Waals surface area contributed by atoms with E-state index in [0.29, 0.717) is 26.2 Å². The van der Waals surface area contributed by atoms with Crippen LogP contribution >= 0.6 is 11.6 Å². The first kappa shape index (κ1) is 13.2. The van der Waals surface area contributed by atoms with Crippen molar-refractivity contribution < 1.29 is 4.79 Å². The van der Waals surface area contributed by atoms with Gasteiger partial charge in [0.05, 0.1) is 12.6 Å². The minimum Gasteiger partial charge on any atom is -0.355 e. The van der Waals surface area contributed by atoms with Crippen molar-refractivity contribution in [2.45, 2.75) is 19.2 Å². The molecule has 4 nitrogen and oxygen atoms in total. The Hall–Kier alpha value is -0.790. The average molecular weight is 218 g/mol. The van der Waals surface area contributed by atoms with Crippen LogP contribution in [0, 0.1) is 11.3 Å². The summed E-state index contributed by atoms with van der Waals surface area (Å²) in [6.45, 7) is 5.86. The molecule has 80 valence electrons. The molecule has 0 saturated heterocycles. The molecule has 0 saturated carbocycles. The molecule has 0 heterocycles. The Morgan fingerprint density at radius 1 is 1.64 bits per heavy atom. The summed E-state index contributed by atoms with van der Waals surface area (Å²) in [4.78, 5) is 13.0. The molecular weight excluding hydrogens is 202 g/mol. The van der Waals surface area contributed by atoms with E-state index in [9.17, 15) is 4.79 Å². The molecule has 14 heavy (non-hydrogen) atoms. The first-order valence-corrected chi connectivity index (χ1v) is 5.10. The minimum absolute atomic E-state index is 0.0313. The standard InChI is InChI=1S/C9H16ClN3O/c1-3-12-9(14)7-13(4-2)6-8(10)5-11/h8H,3-4,6-7H2,1-2H3,(H,12,14). The van der Waals surface area contributed by atoms with E-state index in [-0.39, 0.29) is 5.91 Å². The third-order valence-corrected chi connectivity index (χ3v) is 1.98. The van der Waals surface area contributed by atoms with E-state index in [1.54, 1.807) is 0 Å². The van der Waals surface area contributed by atoms with Crippen molar-refractivity contribution >= 4 is 17.5 Å². The van der Waals surface area contributed by atoms with E-state index in [4.69, 9.17) is 16.9 Å². The van der Waals surface area contributed by atoms with Gasteiger partial charge >= 0.3 is 0 Å². The Labute approximate surface area is 89.8 Å². The summed E-state index contributed by atoms with van der Waals surface area (Å²) in [6, 6.07) is 1.93. The summed E-state index contributed by atoms with van der Waals surface area (Å²) in [5.74, 6) is -0.0313. The van der Waals surface area contributed by atoms with Crippen molar-refractivity contribution in [3.05, 3.63) is 0 Å². The molecule has 0 aromatic carbocycles. The van der Waals surface area contributed by atoms with Gasteiger partial charge in [-0.15, -0.1) is 11.6 Å². The monoisotopic (exact) mass is 217 g/mol. The normalized spacial score (nSPS) is 12.2. The SMILES string of the molecule is CCNC(=O)CN(CC)CC(Cl)C#N. The van der Waals surface area contributed by atoms with Gasteiger partial charge in [0.15, 0.2) is 0 Å². The van der Waals surface area contributed by atoms with Crippen LogP contribution in [0.25, 0.3) is 0 Å². The van der Waals surface area contributed by atoms with Gasteiger partial charge in [-0.2, -0.15) is 5.26 Å². The second-order valence-electron chi connectivity index (χ2n) is 2.88. The molecule has 0 radical (unpaired) electrons. The lowest BCUT2D eigenvalue weighted by Crippen LogP contribution is -2.39. The fourth-order valence-electron chi connectivity index (χ4n) is 1.03. The Balaban J connectivity index is 3.91. The molecule has 0 aliphatic heterocycles. The van der Waals surface area contributed by atoms with Gasteiger partial charge in [-0.25, -0.2) is 0 Å². The zero-order chi connectivity index (χ0) is 11.0. The fourth-order valence-corrected chi connectivity index (χ4v) is 1.22. The summed E-state index contributed by atoms with van der Waals surface area (Å²) in [6.07, 6.45) is 0. The van der Waals surface area contributed by atoms with Crippen LogP contribution in [0.1, 0.15) is 13.8 Å². The summed E-state index contributed by atoms with van der Waals surface area (Å²) in [5, 5.41) is 10.7. The zero-order valence-corrected chi connectivity index (χ0v) is 9.34. The van der Waals surface area contributed by atoms with E-state index in [1.807, 2.05) is 24.8 Å². The maximum absolute atomic E-state index is 11.2. The number of nitrogens with zero attached hydrogens (tertiary/aromatic N) is 2. The number of carbonyl (C=O) groups excluding carboxylic acids is 1. The lowest BCUT2D eigenvalue weighted by molar-refractivity contribution is -0.122. The quantitative estimate of drug-likeness (QED) is 0.662. The van der Waals surface area contributed by atoms with Gasteiger partial charge in [-0.3, -0.25) is 9.69 Å². The number of likely N-dealkylation sites (N-methyl/N-ethyl adjacent to an activating group) is 2. The number of amides is 1. The molecule has 0 aliphatic rings. The first-order valence-electron chi connectivity index (χ1n) is 4.66. The van der Waals surface area contributed by atoms with Crippen molar-refractivity contribution in [1.29, 1.82) is 5.26 Å². The molecule has 1 N–H and O–H groups in total. The van der Waals surface area contributed by atoms with Crippen LogP contribution in [-0.4, -0.2) is 42.4 Å². The van der Waals surface area contributed by atoms with Crippen molar-refractivity contribution in [3.63, 3.8) is 0 Å². The molecule has 0 aromatic rings. The van der Waals surface area contributed by atoms with Crippen LogP contribution in [-0.2, 0) is 4.79 Å². The lowest BCUT2D eigenvalue weighted by Gasteiger charge is -2.19. The molecule has 0 spiro atoms. The van der Waals surface area contributed by atoms with Gasteiger partial charge in [0.25, 0.3) is 0 Å². The molecule has 0 aliphatic carbocycles. The van der Waals surface area contributed by atoms with E-state index >= 15 is 0 Å². The number of halogens is 1. The lowest BCUT2D eigenvalue weighted by atomic mass is 10.3. The topological polar surface area (TPSA) is 56.1 Å². The van der Waals surface area contributed by atoms with Crippen molar-refractivity contribution in [2.24, 2.45) is 0 Å². The van der Waals surface area contributed by atoms with Crippen LogP contribution in [0.4, 0.5) is 0 Å². The summed E-state index contributed by atoms with van der Waals surface area (Å²) < 4.78 is 0. The second kappa shape index (κ2) is 7.60. The van der Waals surface area contributed by atoms with Gasteiger partial charge in [-0.1, -0.05) is 6.92 Å². The van der Waals surface area contributed by atoms with Crippen molar-refractivity contribution in [1.82, 2.24) is 10.2 Å². The van der Waals surface area contributed by atoms with E-state index in [2.05, 4.69) is 5.32 Å². The fraction of sp³-hybridized carbons (Fsp3) is 0.778. The highest BCUT2D eigenvalue weighted by Crippen LogP contribution is 1.98. The highest BCUT2D eigenvalue weighted by molar-refractivity contribution is 6.22. The molecular formula is C9H16ClN3O. The van der Waals surface area contributed by atoms with Crippen LogP contribution in [0.3, 0.4) is 0 Å². The highest BCUT2D eigenvalue weighted by atomic mass is 35.5. The third kappa shape index (κ3) is 5.79. The average Bonchev–Trinajstić information content (AvgIpc) is 2.16. The van der Waals surface area contributed by atoms with Gasteiger partial charge in [0, 0.05) is 13.1 Å². The Kier molecular flexibility index (Phi) is 7.17. The number of rotatable bonds is 6. The number of nitriles is 1. The predicted molar refractivity (Wildman–Crippen MR) is 56.1 cm³/mol. The van der Waals surface area contributed by atoms with Crippen LogP contribution in [0.2, 0.25) is 0 Å².